The highest BCUT2D eigenvalue weighted by Gasteiger charge is 2.01. The van der Waals surface area contributed by atoms with E-state index in [1.807, 2.05) is 0 Å². The monoisotopic (exact) mass is 830 g/mol. The van der Waals surface area contributed by atoms with Crippen LogP contribution >= 0.6 is 31.3 Å². The first-order valence-corrected chi connectivity index (χ1v) is 20.6. The van der Waals surface area contributed by atoms with Crippen molar-refractivity contribution in [2.45, 2.75) is 0 Å². The molecule has 0 saturated carbocycles. The summed E-state index contributed by atoms with van der Waals surface area (Å²) in [5.74, 6) is 0. The smallest absolute Gasteiger partial charge is 0.329 e. The van der Waals surface area contributed by atoms with Crippen LogP contribution in [0.5, 0.6) is 0 Å². The fraction of sp³-hybridized carbons (Fsp3) is 1.00. The first kappa shape index (κ1) is 64.9. The van der Waals surface area contributed by atoms with Crippen LogP contribution in [0.25, 0.3) is 0 Å². The number of hydrogen-bond acceptors (Lipinski definition) is 16. The van der Waals surface area contributed by atoms with E-state index in [9.17, 15) is 0 Å². The summed E-state index contributed by atoms with van der Waals surface area (Å²) < 4.78 is 35.5. The topological polar surface area (TPSA) is 539 Å². The average molecular weight is 831 g/mol. The van der Waals surface area contributed by atoms with E-state index in [4.69, 9.17) is 111 Å². The van der Waals surface area contributed by atoms with Crippen molar-refractivity contribution in [2.75, 3.05) is 118 Å². The minimum Gasteiger partial charge on any atom is -0.329 e. The Bertz CT molecular complexity index is 637. The minimum absolute atomic E-state index is 0.705. The Balaban J connectivity index is -0.0000000886. The minimum atomic E-state index is -4.64. The van der Waals surface area contributed by atoms with Crippen LogP contribution in [0.4, 0.5) is 0 Å². The zero-order valence-electron chi connectivity index (χ0n) is 28.0. The SMILES string of the molecule is NCCNCCNCCN.NCCNCCNCCN.NCCNCCNCCN.O=P(O)(O)O.O=P(O)(O)O.O=P(O)(O)O.O=P(O)(O)O. The molecule has 0 aliphatic carbocycles. The van der Waals surface area contributed by atoms with Gasteiger partial charge in [0.1, 0.15) is 0 Å². The summed E-state index contributed by atoms with van der Waals surface area (Å²) in [6.45, 7) is 15.4. The number of nitrogens with two attached hydrogens (primary N) is 6. The lowest BCUT2D eigenvalue weighted by Crippen LogP contribution is -2.32. The molecule has 0 saturated heterocycles. The Morgan fingerprint density at radius 3 is 0.400 bits per heavy atom. The van der Waals surface area contributed by atoms with Gasteiger partial charge in [0.25, 0.3) is 0 Å². The van der Waals surface area contributed by atoms with Gasteiger partial charge in [-0.25, -0.2) is 18.3 Å². The molecule has 0 unspecified atom stereocenters. The van der Waals surface area contributed by atoms with Crippen LogP contribution in [-0.4, -0.2) is 177 Å². The number of phosphoric acid groups is 4. The number of nitrogens with one attached hydrogen (secondary N) is 6. The Labute approximate surface area is 292 Å². The molecule has 32 heteroatoms. The largest absolute Gasteiger partial charge is 0.466 e. The zero-order chi connectivity index (χ0) is 41.0. The molecule has 0 amide bonds. The maximum Gasteiger partial charge on any atom is 0.466 e. The molecule has 0 fully saturated rings. The fourth-order valence-corrected chi connectivity index (χ4v) is 1.89. The highest BCUT2D eigenvalue weighted by atomic mass is 31.2. The fourth-order valence-electron chi connectivity index (χ4n) is 1.89. The predicted molar refractivity (Wildman–Crippen MR) is 189 cm³/mol. The average Bonchev–Trinajstić information content (AvgIpc) is 2.92. The standard InChI is InChI=1S/3C6H18N4.4H3O4P/c3*7-1-3-9-5-6-10-4-2-8;4*1-5(2,3)4/h3*9-10H,1-8H2;4*(H3,1,2,3,4). The van der Waals surface area contributed by atoms with E-state index >= 15 is 0 Å². The highest BCUT2D eigenvalue weighted by molar-refractivity contribution is 7.45. The molecule has 0 aromatic carbocycles. The van der Waals surface area contributed by atoms with Gasteiger partial charge in [-0.2, -0.15) is 0 Å². The molecule has 0 heterocycles. The highest BCUT2D eigenvalue weighted by Crippen LogP contribution is 2.27. The molecule has 0 aromatic rings. The zero-order valence-corrected chi connectivity index (χ0v) is 31.6. The first-order valence-electron chi connectivity index (χ1n) is 14.3. The van der Waals surface area contributed by atoms with Gasteiger partial charge in [-0.1, -0.05) is 0 Å². The van der Waals surface area contributed by atoms with Crippen LogP contribution in [0, 0.1) is 0 Å². The summed E-state index contributed by atoms with van der Waals surface area (Å²) in [6.07, 6.45) is 0. The molecule has 0 bridgehead atoms. The molecule has 28 nitrogen and oxygen atoms in total. The Morgan fingerprint density at radius 1 is 0.260 bits per heavy atom. The van der Waals surface area contributed by atoms with Crippen molar-refractivity contribution in [3.05, 3.63) is 0 Å². The molecule has 30 N–H and O–H groups in total. The van der Waals surface area contributed by atoms with Gasteiger partial charge < -0.3 is 125 Å². The van der Waals surface area contributed by atoms with E-state index in [-0.39, 0.29) is 0 Å². The summed E-state index contributed by atoms with van der Waals surface area (Å²) in [4.78, 5) is 86.2. The second-order valence-electron chi connectivity index (χ2n) is 8.29. The van der Waals surface area contributed by atoms with Gasteiger partial charge in [0.2, 0.25) is 0 Å². The van der Waals surface area contributed by atoms with E-state index < -0.39 is 31.3 Å². The summed E-state index contributed by atoms with van der Waals surface area (Å²) in [6, 6.07) is 0. The van der Waals surface area contributed by atoms with Crippen molar-refractivity contribution >= 4 is 31.3 Å². The quantitative estimate of drug-likeness (QED) is 0.0377. The van der Waals surface area contributed by atoms with Crippen molar-refractivity contribution in [1.29, 1.82) is 0 Å². The van der Waals surface area contributed by atoms with Gasteiger partial charge >= 0.3 is 31.3 Å². The van der Waals surface area contributed by atoms with E-state index in [1.54, 1.807) is 0 Å². The lowest BCUT2D eigenvalue weighted by atomic mass is 10.5. The number of hydrogen-bond donors (Lipinski definition) is 24. The van der Waals surface area contributed by atoms with Gasteiger partial charge in [0, 0.05) is 118 Å². The third kappa shape index (κ3) is 241. The van der Waals surface area contributed by atoms with Crippen molar-refractivity contribution in [3.63, 3.8) is 0 Å². The van der Waals surface area contributed by atoms with Gasteiger partial charge in [-0.05, 0) is 0 Å². The Hall–Kier alpha value is -0.0400. The molecule has 50 heavy (non-hydrogen) atoms. The van der Waals surface area contributed by atoms with Gasteiger partial charge in [-0.15, -0.1) is 0 Å². The first-order chi connectivity index (χ1) is 22.7. The molecule has 0 atom stereocenters. The Kier molecular flexibility index (Phi) is 63.5. The maximum absolute atomic E-state index is 8.88. The van der Waals surface area contributed by atoms with Crippen molar-refractivity contribution < 1.29 is 77.0 Å². The molecule has 0 aliphatic rings. The molecule has 0 aliphatic heterocycles. The van der Waals surface area contributed by atoms with Gasteiger partial charge in [0.05, 0.1) is 0 Å². The summed E-state index contributed by atoms with van der Waals surface area (Å²) in [7, 11) is -18.6. The summed E-state index contributed by atoms with van der Waals surface area (Å²) in [5.41, 5.74) is 31.6. The van der Waals surface area contributed by atoms with E-state index in [1.165, 1.54) is 0 Å². The predicted octanol–water partition coefficient (Wildman–Crippen LogP) is -9.47. The van der Waals surface area contributed by atoms with Crippen molar-refractivity contribution in [3.8, 4) is 0 Å². The van der Waals surface area contributed by atoms with E-state index in [0.717, 1.165) is 78.5 Å². The van der Waals surface area contributed by atoms with Crippen molar-refractivity contribution in [2.24, 2.45) is 34.4 Å². The van der Waals surface area contributed by atoms with Crippen molar-refractivity contribution in [1.82, 2.24) is 31.9 Å². The Morgan fingerprint density at radius 2 is 0.340 bits per heavy atom. The third-order valence-electron chi connectivity index (χ3n) is 3.36. The van der Waals surface area contributed by atoms with Crippen LogP contribution in [-0.2, 0) is 18.3 Å². The van der Waals surface area contributed by atoms with Crippen LogP contribution in [0.15, 0.2) is 0 Å². The normalized spacial score (nSPS) is 10.8. The van der Waals surface area contributed by atoms with Crippen LogP contribution in [0.2, 0.25) is 0 Å². The lowest BCUT2D eigenvalue weighted by molar-refractivity contribution is 0.272. The van der Waals surface area contributed by atoms with E-state index in [2.05, 4.69) is 31.9 Å². The molecule has 0 spiro atoms. The second kappa shape index (κ2) is 49.0. The van der Waals surface area contributed by atoms with Gasteiger partial charge in [-0.3, -0.25) is 0 Å². The molecule has 0 rings (SSSR count). The van der Waals surface area contributed by atoms with Gasteiger partial charge in [0.15, 0.2) is 0 Å². The molecule has 0 radical (unpaired) electrons. The van der Waals surface area contributed by atoms with Crippen LogP contribution in [0.1, 0.15) is 0 Å². The summed E-state index contributed by atoms with van der Waals surface area (Å²) in [5, 5.41) is 19.0. The number of rotatable bonds is 21. The second-order valence-corrected chi connectivity index (χ2v) is 12.4. The molecular formula is C18H66N12O16P4. The van der Waals surface area contributed by atoms with Crippen LogP contribution < -0.4 is 66.3 Å². The molecule has 0 aromatic heterocycles. The maximum atomic E-state index is 8.88. The summed E-state index contributed by atoms with van der Waals surface area (Å²) >= 11 is 0. The van der Waals surface area contributed by atoms with Crippen LogP contribution in [0.3, 0.4) is 0 Å². The molecule has 314 valence electrons. The third-order valence-corrected chi connectivity index (χ3v) is 3.36. The lowest BCUT2D eigenvalue weighted by Gasteiger charge is -2.03. The molecular weight excluding hydrogens is 764 g/mol. The van der Waals surface area contributed by atoms with E-state index in [0.29, 0.717) is 39.3 Å².